The summed E-state index contributed by atoms with van der Waals surface area (Å²) in [5.74, 6) is 0.917. The van der Waals surface area contributed by atoms with E-state index in [0.29, 0.717) is 29.8 Å². The molecule has 2 aromatic carbocycles. The van der Waals surface area contributed by atoms with Crippen LogP contribution in [-0.2, 0) is 4.74 Å². The Kier molecular flexibility index (Phi) is 6.57. The van der Waals surface area contributed by atoms with Crippen molar-refractivity contribution in [2.24, 2.45) is 0 Å². The molecule has 1 aromatic heterocycles. The molecule has 2 N–H and O–H groups in total. The van der Waals surface area contributed by atoms with Crippen molar-refractivity contribution in [2.45, 2.75) is 25.1 Å². The molecule has 6 rings (SSSR count). The molecular formula is C27H30N8O2. The number of benzene rings is 2. The van der Waals surface area contributed by atoms with Crippen LogP contribution in [0.1, 0.15) is 18.4 Å². The molecule has 3 aliphatic rings. The highest BCUT2D eigenvalue weighted by Gasteiger charge is 2.29. The van der Waals surface area contributed by atoms with Gasteiger partial charge in [0.2, 0.25) is 5.95 Å². The first-order chi connectivity index (χ1) is 18.2. The lowest BCUT2D eigenvalue weighted by atomic mass is 10.1. The lowest BCUT2D eigenvalue weighted by Crippen LogP contribution is -2.56. The van der Waals surface area contributed by atoms with Crippen molar-refractivity contribution in [1.29, 1.82) is 5.26 Å². The highest BCUT2D eigenvalue weighted by Crippen LogP contribution is 2.30. The Morgan fingerprint density at radius 1 is 1.00 bits per heavy atom. The van der Waals surface area contributed by atoms with Crippen LogP contribution in [0.5, 0.6) is 0 Å². The number of nitrogens with one attached hydrogen (secondary N) is 1. The van der Waals surface area contributed by atoms with Crippen LogP contribution in [0.4, 0.5) is 23.0 Å². The maximum atomic E-state index is 10.2. The van der Waals surface area contributed by atoms with Crippen molar-refractivity contribution in [3.63, 3.8) is 0 Å². The van der Waals surface area contributed by atoms with Gasteiger partial charge < -0.3 is 25.0 Å². The van der Waals surface area contributed by atoms with Crippen LogP contribution in [0.15, 0.2) is 48.8 Å². The molecule has 3 aromatic rings. The smallest absolute Gasteiger partial charge is 0.230 e. The maximum absolute atomic E-state index is 10.2. The molecule has 10 heteroatoms. The van der Waals surface area contributed by atoms with Gasteiger partial charge in [-0.25, -0.2) is 9.97 Å². The van der Waals surface area contributed by atoms with Gasteiger partial charge in [0.05, 0.1) is 30.5 Å². The number of hydrogen-bond acceptors (Lipinski definition) is 10. The molecule has 0 saturated carbocycles. The molecule has 10 nitrogen and oxygen atoms in total. The minimum absolute atomic E-state index is 0.437. The fourth-order valence-corrected chi connectivity index (χ4v) is 5.20. The Labute approximate surface area is 216 Å². The number of hydrogen-bond donors (Lipinski definition) is 2. The first kappa shape index (κ1) is 23.6. The molecule has 0 radical (unpaired) electrons. The highest BCUT2D eigenvalue weighted by atomic mass is 16.5. The monoisotopic (exact) mass is 498 g/mol. The zero-order valence-electron chi connectivity index (χ0n) is 20.6. The van der Waals surface area contributed by atoms with Crippen LogP contribution in [0, 0.1) is 11.3 Å². The quantitative estimate of drug-likeness (QED) is 0.526. The fraction of sp³-hybridized carbons (Fsp3) is 0.407. The van der Waals surface area contributed by atoms with E-state index in [-0.39, 0.29) is 0 Å². The molecule has 190 valence electrons. The van der Waals surface area contributed by atoms with Gasteiger partial charge >= 0.3 is 0 Å². The van der Waals surface area contributed by atoms with Crippen LogP contribution in [0.25, 0.3) is 11.4 Å². The lowest BCUT2D eigenvalue weighted by molar-refractivity contribution is -0.0660. The molecule has 1 unspecified atom stereocenters. The van der Waals surface area contributed by atoms with Crippen molar-refractivity contribution >= 4 is 23.0 Å². The summed E-state index contributed by atoms with van der Waals surface area (Å²) in [7, 11) is 0. The van der Waals surface area contributed by atoms with Crippen LogP contribution >= 0.6 is 0 Å². The number of aromatic nitrogens is 3. The summed E-state index contributed by atoms with van der Waals surface area (Å²) in [5, 5.41) is 23.2. The van der Waals surface area contributed by atoms with E-state index in [9.17, 15) is 10.4 Å². The standard InChI is InChI=1S/C27H30N8O2/c28-15-20-14-19(3-8-24(20)35-9-1-2-25(35)36)26-29-18-30-27(32-26)31-21-4-6-22(7-5-21)33-10-12-34(13-11-33)23-16-37-17-23/h3-8,14,18,23,25,36H,1-2,9-13,16-17H2,(H,29,30,31,32). The third-order valence-electron chi connectivity index (χ3n) is 7.42. The third kappa shape index (κ3) is 4.93. The van der Waals surface area contributed by atoms with E-state index in [1.54, 1.807) is 6.07 Å². The minimum Gasteiger partial charge on any atom is -0.378 e. The number of piperazine rings is 1. The van der Waals surface area contributed by atoms with Gasteiger partial charge in [-0.05, 0) is 55.3 Å². The number of nitriles is 1. The number of aliphatic hydroxyl groups excluding tert-OH is 1. The Morgan fingerprint density at radius 2 is 1.81 bits per heavy atom. The van der Waals surface area contributed by atoms with E-state index in [1.165, 1.54) is 12.0 Å². The largest absolute Gasteiger partial charge is 0.378 e. The van der Waals surface area contributed by atoms with E-state index >= 15 is 0 Å². The number of ether oxygens (including phenoxy) is 1. The van der Waals surface area contributed by atoms with Gasteiger partial charge in [-0.3, -0.25) is 4.90 Å². The average molecular weight is 499 g/mol. The normalized spacial score (nSPS) is 20.5. The van der Waals surface area contributed by atoms with Gasteiger partial charge in [0, 0.05) is 49.7 Å². The van der Waals surface area contributed by atoms with Gasteiger partial charge in [-0.2, -0.15) is 10.2 Å². The average Bonchev–Trinajstić information content (AvgIpc) is 3.34. The zero-order chi connectivity index (χ0) is 25.2. The molecule has 0 bridgehead atoms. The van der Waals surface area contributed by atoms with Crippen molar-refractivity contribution in [1.82, 2.24) is 19.9 Å². The zero-order valence-corrected chi connectivity index (χ0v) is 20.6. The molecular weight excluding hydrogens is 468 g/mol. The van der Waals surface area contributed by atoms with E-state index in [0.717, 1.165) is 69.3 Å². The molecule has 0 amide bonds. The van der Waals surface area contributed by atoms with Gasteiger partial charge in [0.15, 0.2) is 5.82 Å². The van der Waals surface area contributed by atoms with Gasteiger partial charge in [-0.15, -0.1) is 0 Å². The van der Waals surface area contributed by atoms with Crippen LogP contribution in [-0.4, -0.2) is 83.2 Å². The Balaban J connectivity index is 1.12. The number of rotatable bonds is 6. The second kappa shape index (κ2) is 10.3. The van der Waals surface area contributed by atoms with Gasteiger partial charge in [-0.1, -0.05) is 0 Å². The van der Waals surface area contributed by atoms with Crippen molar-refractivity contribution in [2.75, 3.05) is 61.1 Å². The molecule has 0 aliphatic carbocycles. The molecule has 3 fully saturated rings. The summed E-state index contributed by atoms with van der Waals surface area (Å²) >= 11 is 0. The molecule has 1 atom stereocenters. The van der Waals surface area contributed by atoms with Crippen molar-refractivity contribution in [3.8, 4) is 17.5 Å². The summed E-state index contributed by atoms with van der Waals surface area (Å²) in [6, 6.07) is 16.7. The van der Waals surface area contributed by atoms with E-state index in [2.05, 4.69) is 48.3 Å². The minimum atomic E-state index is -0.552. The molecule has 37 heavy (non-hydrogen) atoms. The summed E-state index contributed by atoms with van der Waals surface area (Å²) < 4.78 is 5.33. The third-order valence-corrected chi connectivity index (χ3v) is 7.42. The summed E-state index contributed by atoms with van der Waals surface area (Å²) in [4.78, 5) is 20.0. The van der Waals surface area contributed by atoms with Crippen LogP contribution in [0.2, 0.25) is 0 Å². The Morgan fingerprint density at radius 3 is 2.49 bits per heavy atom. The molecule has 0 spiro atoms. The van der Waals surface area contributed by atoms with Gasteiger partial charge in [0.25, 0.3) is 0 Å². The summed E-state index contributed by atoms with van der Waals surface area (Å²) in [6.07, 6.45) is 2.53. The number of aliphatic hydroxyl groups is 1. The maximum Gasteiger partial charge on any atom is 0.230 e. The Bertz CT molecular complexity index is 1280. The predicted octanol–water partition coefficient (Wildman–Crippen LogP) is 2.59. The molecule has 3 aliphatic heterocycles. The topological polar surface area (TPSA) is 114 Å². The first-order valence-corrected chi connectivity index (χ1v) is 12.8. The van der Waals surface area contributed by atoms with Crippen molar-refractivity contribution in [3.05, 3.63) is 54.4 Å². The Hall–Kier alpha value is -3.78. The summed E-state index contributed by atoms with van der Waals surface area (Å²) in [6.45, 7) is 6.63. The van der Waals surface area contributed by atoms with Crippen molar-refractivity contribution < 1.29 is 9.84 Å². The van der Waals surface area contributed by atoms with Crippen LogP contribution in [0.3, 0.4) is 0 Å². The highest BCUT2D eigenvalue weighted by molar-refractivity contribution is 5.69. The second-order valence-corrected chi connectivity index (χ2v) is 9.68. The first-order valence-electron chi connectivity index (χ1n) is 12.8. The fourth-order valence-electron chi connectivity index (χ4n) is 5.20. The van der Waals surface area contributed by atoms with E-state index in [1.807, 2.05) is 29.2 Å². The number of anilines is 4. The van der Waals surface area contributed by atoms with Gasteiger partial charge in [0.1, 0.15) is 18.6 Å². The molecule has 3 saturated heterocycles. The molecule has 4 heterocycles. The summed E-state index contributed by atoms with van der Waals surface area (Å²) in [5.41, 5.74) is 4.05. The van der Waals surface area contributed by atoms with E-state index in [4.69, 9.17) is 4.74 Å². The SMILES string of the molecule is N#Cc1cc(-c2ncnc(Nc3ccc(N4CCN(C5COC5)CC4)cc3)n2)ccc1N1CCCC1O. The predicted molar refractivity (Wildman–Crippen MR) is 141 cm³/mol. The lowest BCUT2D eigenvalue weighted by Gasteiger charge is -2.43. The van der Waals surface area contributed by atoms with Crippen LogP contribution < -0.4 is 15.1 Å². The number of nitrogens with zero attached hydrogens (tertiary/aromatic N) is 7. The van der Waals surface area contributed by atoms with E-state index < -0.39 is 6.23 Å². The second-order valence-electron chi connectivity index (χ2n) is 9.68.